The van der Waals surface area contributed by atoms with Crippen LogP contribution in [0.5, 0.6) is 0 Å². The Bertz CT molecular complexity index is 189. The quantitative estimate of drug-likeness (QED) is 0.685. The standard InChI is InChI=1S/C10H20N2O2/c1-11-9(13)4-6-10(14-2)5-3-7-12-8-10/h12H,3-8H2,1-2H3,(H,11,13). The molecule has 1 amide bonds. The number of nitrogens with one attached hydrogen (secondary N) is 2. The number of amides is 1. The van der Waals surface area contributed by atoms with E-state index in [1.165, 1.54) is 0 Å². The van der Waals surface area contributed by atoms with Crippen LogP contribution in [0.25, 0.3) is 0 Å². The zero-order valence-electron chi connectivity index (χ0n) is 9.06. The molecule has 1 aliphatic heterocycles. The van der Waals surface area contributed by atoms with E-state index in [0.29, 0.717) is 6.42 Å². The van der Waals surface area contributed by atoms with Gasteiger partial charge in [0.2, 0.25) is 5.91 Å². The highest BCUT2D eigenvalue weighted by Crippen LogP contribution is 2.25. The van der Waals surface area contributed by atoms with E-state index < -0.39 is 0 Å². The third-order valence-corrected chi connectivity index (χ3v) is 2.95. The smallest absolute Gasteiger partial charge is 0.219 e. The summed E-state index contributed by atoms with van der Waals surface area (Å²) >= 11 is 0. The van der Waals surface area contributed by atoms with Crippen LogP contribution in [0.2, 0.25) is 0 Å². The fourth-order valence-electron chi connectivity index (χ4n) is 1.90. The van der Waals surface area contributed by atoms with Gasteiger partial charge in [0, 0.05) is 27.1 Å². The summed E-state index contributed by atoms with van der Waals surface area (Å²) in [5.74, 6) is 0.0898. The maximum atomic E-state index is 11.1. The first-order valence-electron chi connectivity index (χ1n) is 5.19. The summed E-state index contributed by atoms with van der Waals surface area (Å²) in [6.45, 7) is 1.92. The van der Waals surface area contributed by atoms with Crippen LogP contribution >= 0.6 is 0 Å². The number of hydrogen-bond donors (Lipinski definition) is 2. The predicted octanol–water partition coefficient (Wildman–Crippen LogP) is 0.281. The molecule has 0 saturated carbocycles. The molecule has 14 heavy (non-hydrogen) atoms. The molecule has 0 spiro atoms. The van der Waals surface area contributed by atoms with E-state index in [1.54, 1.807) is 14.2 Å². The van der Waals surface area contributed by atoms with Gasteiger partial charge in [-0.05, 0) is 25.8 Å². The highest BCUT2D eigenvalue weighted by molar-refractivity contribution is 5.75. The van der Waals surface area contributed by atoms with Crippen LogP contribution in [0.1, 0.15) is 25.7 Å². The number of rotatable bonds is 4. The molecular weight excluding hydrogens is 180 g/mol. The van der Waals surface area contributed by atoms with E-state index >= 15 is 0 Å². The first-order valence-corrected chi connectivity index (χ1v) is 5.19. The number of hydrogen-bond acceptors (Lipinski definition) is 3. The third kappa shape index (κ3) is 2.96. The average Bonchev–Trinajstić information content (AvgIpc) is 2.27. The van der Waals surface area contributed by atoms with Crippen LogP contribution in [0.4, 0.5) is 0 Å². The Balaban J connectivity index is 2.39. The average molecular weight is 200 g/mol. The predicted molar refractivity (Wildman–Crippen MR) is 55.1 cm³/mol. The molecule has 0 aromatic rings. The molecule has 1 aliphatic rings. The SMILES string of the molecule is CNC(=O)CCC1(OC)CCCNC1. The zero-order chi connectivity index (χ0) is 10.4. The van der Waals surface area contributed by atoms with Crippen molar-refractivity contribution in [2.24, 2.45) is 0 Å². The van der Waals surface area contributed by atoms with Gasteiger partial charge in [-0.15, -0.1) is 0 Å². The van der Waals surface area contributed by atoms with Gasteiger partial charge in [-0.25, -0.2) is 0 Å². The Hall–Kier alpha value is -0.610. The Morgan fingerprint density at radius 2 is 2.43 bits per heavy atom. The molecule has 0 aromatic heterocycles. The molecule has 2 N–H and O–H groups in total. The largest absolute Gasteiger partial charge is 0.377 e. The number of carbonyl (C=O) groups is 1. The highest BCUT2D eigenvalue weighted by Gasteiger charge is 2.31. The molecule has 0 aromatic carbocycles. The topological polar surface area (TPSA) is 50.4 Å². The van der Waals surface area contributed by atoms with E-state index in [-0.39, 0.29) is 11.5 Å². The molecule has 1 rings (SSSR count). The lowest BCUT2D eigenvalue weighted by Gasteiger charge is -2.36. The van der Waals surface area contributed by atoms with Crippen molar-refractivity contribution in [3.05, 3.63) is 0 Å². The van der Waals surface area contributed by atoms with Crippen molar-refractivity contribution < 1.29 is 9.53 Å². The zero-order valence-corrected chi connectivity index (χ0v) is 9.06. The molecule has 1 saturated heterocycles. The molecule has 4 nitrogen and oxygen atoms in total. The summed E-state index contributed by atoms with van der Waals surface area (Å²) in [5.41, 5.74) is -0.120. The van der Waals surface area contributed by atoms with Crippen molar-refractivity contribution >= 4 is 5.91 Å². The number of methoxy groups -OCH3 is 1. The van der Waals surface area contributed by atoms with Gasteiger partial charge >= 0.3 is 0 Å². The lowest BCUT2D eigenvalue weighted by atomic mass is 9.89. The Labute approximate surface area is 85.4 Å². The summed E-state index contributed by atoms with van der Waals surface area (Å²) in [6.07, 6.45) is 3.53. The first kappa shape index (κ1) is 11.5. The van der Waals surface area contributed by atoms with Crippen LogP contribution in [0.3, 0.4) is 0 Å². The van der Waals surface area contributed by atoms with Crippen molar-refractivity contribution in [2.45, 2.75) is 31.3 Å². The van der Waals surface area contributed by atoms with Crippen molar-refractivity contribution in [1.82, 2.24) is 10.6 Å². The fourth-order valence-corrected chi connectivity index (χ4v) is 1.90. The van der Waals surface area contributed by atoms with Gasteiger partial charge in [-0.1, -0.05) is 0 Å². The minimum absolute atomic E-state index is 0.0898. The summed E-state index contributed by atoms with van der Waals surface area (Å²) in [7, 11) is 3.40. The van der Waals surface area contributed by atoms with Crippen molar-refractivity contribution in [3.63, 3.8) is 0 Å². The first-order chi connectivity index (χ1) is 6.72. The Morgan fingerprint density at radius 3 is 2.93 bits per heavy atom. The molecule has 0 bridgehead atoms. The van der Waals surface area contributed by atoms with Gasteiger partial charge in [-0.2, -0.15) is 0 Å². The minimum Gasteiger partial charge on any atom is -0.377 e. The molecule has 1 fully saturated rings. The van der Waals surface area contributed by atoms with Gasteiger partial charge in [0.25, 0.3) is 0 Å². The van der Waals surface area contributed by atoms with Gasteiger partial charge in [0.15, 0.2) is 0 Å². The van der Waals surface area contributed by atoms with Crippen LogP contribution in [-0.4, -0.2) is 38.8 Å². The van der Waals surface area contributed by atoms with Crippen LogP contribution < -0.4 is 10.6 Å². The third-order valence-electron chi connectivity index (χ3n) is 2.95. The van der Waals surface area contributed by atoms with Gasteiger partial charge in [0.05, 0.1) is 5.60 Å². The number of carbonyl (C=O) groups excluding carboxylic acids is 1. The lowest BCUT2D eigenvalue weighted by Crippen LogP contribution is -2.47. The van der Waals surface area contributed by atoms with Gasteiger partial charge < -0.3 is 15.4 Å². The van der Waals surface area contributed by atoms with E-state index in [0.717, 1.165) is 32.4 Å². The Morgan fingerprint density at radius 1 is 1.64 bits per heavy atom. The normalized spacial score (nSPS) is 27.3. The second kappa shape index (κ2) is 5.32. The van der Waals surface area contributed by atoms with E-state index in [1.807, 2.05) is 0 Å². The van der Waals surface area contributed by atoms with Crippen molar-refractivity contribution in [2.75, 3.05) is 27.2 Å². The number of piperidine rings is 1. The molecule has 0 aliphatic carbocycles. The van der Waals surface area contributed by atoms with Gasteiger partial charge in [0.1, 0.15) is 0 Å². The summed E-state index contributed by atoms with van der Waals surface area (Å²) in [5, 5.41) is 5.94. The van der Waals surface area contributed by atoms with Crippen molar-refractivity contribution in [1.29, 1.82) is 0 Å². The molecule has 4 heteroatoms. The molecule has 1 unspecified atom stereocenters. The lowest BCUT2D eigenvalue weighted by molar-refractivity contribution is -0.122. The highest BCUT2D eigenvalue weighted by atomic mass is 16.5. The maximum absolute atomic E-state index is 11.1. The molecule has 1 atom stereocenters. The van der Waals surface area contributed by atoms with Crippen molar-refractivity contribution in [3.8, 4) is 0 Å². The van der Waals surface area contributed by atoms with Crippen LogP contribution in [0.15, 0.2) is 0 Å². The fraction of sp³-hybridized carbons (Fsp3) is 0.900. The molecule has 82 valence electrons. The second-order valence-electron chi connectivity index (χ2n) is 3.84. The summed E-state index contributed by atoms with van der Waals surface area (Å²) in [4.78, 5) is 11.1. The van der Waals surface area contributed by atoms with Crippen LogP contribution in [0, 0.1) is 0 Å². The van der Waals surface area contributed by atoms with E-state index in [4.69, 9.17) is 4.74 Å². The number of ether oxygens (including phenoxy) is 1. The summed E-state index contributed by atoms with van der Waals surface area (Å²) < 4.78 is 5.53. The maximum Gasteiger partial charge on any atom is 0.219 e. The molecule has 1 heterocycles. The summed E-state index contributed by atoms with van der Waals surface area (Å²) in [6, 6.07) is 0. The Kier molecular flexibility index (Phi) is 4.35. The van der Waals surface area contributed by atoms with E-state index in [2.05, 4.69) is 10.6 Å². The minimum atomic E-state index is -0.120. The second-order valence-corrected chi connectivity index (χ2v) is 3.84. The molecule has 0 radical (unpaired) electrons. The molecular formula is C10H20N2O2. The van der Waals surface area contributed by atoms with Gasteiger partial charge in [-0.3, -0.25) is 4.79 Å². The van der Waals surface area contributed by atoms with E-state index in [9.17, 15) is 4.79 Å². The monoisotopic (exact) mass is 200 g/mol. The van der Waals surface area contributed by atoms with Crippen LogP contribution in [-0.2, 0) is 9.53 Å².